The highest BCUT2D eigenvalue weighted by molar-refractivity contribution is 6.70. The summed E-state index contributed by atoms with van der Waals surface area (Å²) in [4.78, 5) is 0. The first-order valence-electron chi connectivity index (χ1n) is 6.08. The predicted molar refractivity (Wildman–Crippen MR) is 77.2 cm³/mol. The average molecular weight is 255 g/mol. The van der Waals surface area contributed by atoms with Crippen molar-refractivity contribution in [2.75, 3.05) is 0 Å². The smallest absolute Gasteiger partial charge is 0.242 e. The van der Waals surface area contributed by atoms with Gasteiger partial charge in [-0.2, -0.15) is 5.26 Å². The second-order valence-electron chi connectivity index (χ2n) is 5.32. The molecule has 0 saturated heterocycles. The van der Waals surface area contributed by atoms with Crippen LogP contribution < -0.4 is 4.43 Å². The normalized spacial score (nSPS) is 11.2. The van der Waals surface area contributed by atoms with E-state index >= 15 is 0 Å². The van der Waals surface area contributed by atoms with Crippen molar-refractivity contribution in [2.45, 2.75) is 26.1 Å². The fraction of sp³-hybridized carbons (Fsp3) is 0.267. The molecule has 18 heavy (non-hydrogen) atoms. The molecule has 3 heteroatoms. The van der Waals surface area contributed by atoms with Crippen LogP contribution in [0.3, 0.4) is 0 Å². The zero-order valence-corrected chi connectivity index (χ0v) is 12.0. The van der Waals surface area contributed by atoms with Crippen molar-refractivity contribution in [3.8, 4) is 11.8 Å². The van der Waals surface area contributed by atoms with Gasteiger partial charge in [0.2, 0.25) is 8.32 Å². The molecule has 0 aromatic heterocycles. The highest BCUT2D eigenvalue weighted by Gasteiger charge is 2.19. The van der Waals surface area contributed by atoms with E-state index in [9.17, 15) is 0 Å². The molecular formula is C15H17NOSi. The van der Waals surface area contributed by atoms with Crippen LogP contribution in [0, 0.1) is 11.3 Å². The van der Waals surface area contributed by atoms with Crippen LogP contribution in [0.4, 0.5) is 0 Å². The third-order valence-electron chi connectivity index (χ3n) is 2.64. The summed E-state index contributed by atoms with van der Waals surface area (Å²) in [5, 5.41) is 11.2. The van der Waals surface area contributed by atoms with E-state index in [4.69, 9.17) is 9.69 Å². The Hall–Kier alpha value is -1.79. The molecule has 0 aliphatic heterocycles. The molecule has 0 amide bonds. The van der Waals surface area contributed by atoms with Crippen molar-refractivity contribution in [1.82, 2.24) is 0 Å². The van der Waals surface area contributed by atoms with Crippen LogP contribution in [0.1, 0.15) is 5.56 Å². The monoisotopic (exact) mass is 255 g/mol. The molecule has 2 aromatic rings. The minimum absolute atomic E-state index is 0.393. The largest absolute Gasteiger partial charge is 0.544 e. The standard InChI is InChI=1S/C15H17NOSi/c1-18(2,3)17-15-13(10-11-16)9-8-12-6-4-5-7-14(12)15/h4-9H,10H2,1-3H3. The number of hydrogen-bond donors (Lipinski definition) is 0. The van der Waals surface area contributed by atoms with E-state index in [0.717, 1.165) is 22.1 Å². The number of hydrogen-bond acceptors (Lipinski definition) is 2. The van der Waals surface area contributed by atoms with Gasteiger partial charge in [0.25, 0.3) is 0 Å². The first-order valence-corrected chi connectivity index (χ1v) is 9.49. The van der Waals surface area contributed by atoms with Crippen LogP contribution in [0.5, 0.6) is 5.75 Å². The minimum atomic E-state index is -1.69. The Labute approximate surface area is 109 Å². The van der Waals surface area contributed by atoms with E-state index in [2.05, 4.69) is 43.9 Å². The molecule has 0 saturated carbocycles. The van der Waals surface area contributed by atoms with Crippen molar-refractivity contribution >= 4 is 19.1 Å². The Morgan fingerprint density at radius 3 is 2.50 bits per heavy atom. The van der Waals surface area contributed by atoms with Crippen LogP contribution >= 0.6 is 0 Å². The lowest BCUT2D eigenvalue weighted by molar-refractivity contribution is 0.558. The summed E-state index contributed by atoms with van der Waals surface area (Å²) in [5.74, 6) is 0.897. The van der Waals surface area contributed by atoms with Gasteiger partial charge in [0.1, 0.15) is 5.75 Å². The van der Waals surface area contributed by atoms with Crippen LogP contribution in [-0.4, -0.2) is 8.32 Å². The van der Waals surface area contributed by atoms with Gasteiger partial charge in [-0.3, -0.25) is 0 Å². The molecule has 0 N–H and O–H groups in total. The molecule has 2 nitrogen and oxygen atoms in total. The minimum Gasteiger partial charge on any atom is -0.544 e. The molecule has 0 fully saturated rings. The number of fused-ring (bicyclic) bond motifs is 1. The van der Waals surface area contributed by atoms with Gasteiger partial charge in [-0.05, 0) is 25.0 Å². The molecular weight excluding hydrogens is 238 g/mol. The van der Waals surface area contributed by atoms with Crippen LogP contribution in [0.2, 0.25) is 19.6 Å². The zero-order valence-electron chi connectivity index (χ0n) is 11.0. The van der Waals surface area contributed by atoms with E-state index in [0.29, 0.717) is 6.42 Å². The summed E-state index contributed by atoms with van der Waals surface area (Å²) < 4.78 is 6.19. The summed E-state index contributed by atoms with van der Waals surface area (Å²) in [6.07, 6.45) is 0.393. The summed E-state index contributed by atoms with van der Waals surface area (Å²) in [5.41, 5.74) is 0.985. The summed E-state index contributed by atoms with van der Waals surface area (Å²) in [6, 6.07) is 14.4. The molecule has 92 valence electrons. The maximum Gasteiger partial charge on any atom is 0.242 e. The molecule has 0 aliphatic carbocycles. The maximum absolute atomic E-state index is 8.92. The quantitative estimate of drug-likeness (QED) is 0.773. The summed E-state index contributed by atoms with van der Waals surface area (Å²) in [6.45, 7) is 6.47. The third kappa shape index (κ3) is 2.72. The Balaban J connectivity index is 2.63. The fourth-order valence-corrected chi connectivity index (χ4v) is 2.79. The Morgan fingerprint density at radius 1 is 1.11 bits per heavy atom. The molecule has 0 atom stereocenters. The number of nitriles is 1. The highest BCUT2D eigenvalue weighted by Crippen LogP contribution is 2.32. The van der Waals surface area contributed by atoms with E-state index in [-0.39, 0.29) is 0 Å². The van der Waals surface area contributed by atoms with Crippen LogP contribution in [0.15, 0.2) is 36.4 Å². The maximum atomic E-state index is 8.92. The lowest BCUT2D eigenvalue weighted by Gasteiger charge is -2.22. The van der Waals surface area contributed by atoms with Crippen LogP contribution in [0.25, 0.3) is 10.8 Å². The SMILES string of the molecule is C[Si](C)(C)Oc1c(CC#N)ccc2ccccc12. The first kappa shape index (κ1) is 12.7. The average Bonchev–Trinajstić information content (AvgIpc) is 2.31. The van der Waals surface area contributed by atoms with E-state index in [1.54, 1.807) is 0 Å². The van der Waals surface area contributed by atoms with E-state index in [1.165, 1.54) is 0 Å². The van der Waals surface area contributed by atoms with Gasteiger partial charge in [0.05, 0.1) is 12.5 Å². The van der Waals surface area contributed by atoms with Crippen molar-refractivity contribution in [2.24, 2.45) is 0 Å². The van der Waals surface area contributed by atoms with E-state index < -0.39 is 8.32 Å². The molecule has 0 spiro atoms. The molecule has 0 bridgehead atoms. The molecule has 2 rings (SSSR count). The number of nitrogens with zero attached hydrogens (tertiary/aromatic N) is 1. The van der Waals surface area contributed by atoms with Crippen molar-refractivity contribution in [3.05, 3.63) is 42.0 Å². The van der Waals surface area contributed by atoms with Gasteiger partial charge < -0.3 is 4.43 Å². The van der Waals surface area contributed by atoms with Gasteiger partial charge in [0, 0.05) is 10.9 Å². The highest BCUT2D eigenvalue weighted by atomic mass is 28.4. The second-order valence-corrected chi connectivity index (χ2v) is 9.75. The van der Waals surface area contributed by atoms with Crippen molar-refractivity contribution in [3.63, 3.8) is 0 Å². The Morgan fingerprint density at radius 2 is 1.83 bits per heavy atom. The van der Waals surface area contributed by atoms with Gasteiger partial charge in [-0.15, -0.1) is 0 Å². The summed E-state index contributed by atoms with van der Waals surface area (Å²) >= 11 is 0. The topological polar surface area (TPSA) is 33.0 Å². The number of benzene rings is 2. The van der Waals surface area contributed by atoms with Gasteiger partial charge in [0.15, 0.2) is 0 Å². The fourth-order valence-electron chi connectivity index (χ4n) is 1.94. The predicted octanol–water partition coefficient (Wildman–Crippen LogP) is 4.12. The van der Waals surface area contributed by atoms with Gasteiger partial charge >= 0.3 is 0 Å². The molecule has 2 aromatic carbocycles. The first-order chi connectivity index (χ1) is 8.51. The van der Waals surface area contributed by atoms with E-state index in [1.807, 2.05) is 18.2 Å². The zero-order chi connectivity index (χ0) is 13.2. The molecule has 0 heterocycles. The molecule has 0 unspecified atom stereocenters. The number of rotatable bonds is 3. The van der Waals surface area contributed by atoms with Crippen molar-refractivity contribution in [1.29, 1.82) is 5.26 Å². The molecule has 0 aliphatic rings. The lowest BCUT2D eigenvalue weighted by Crippen LogP contribution is -2.29. The van der Waals surface area contributed by atoms with Crippen molar-refractivity contribution < 1.29 is 4.43 Å². The van der Waals surface area contributed by atoms with Gasteiger partial charge in [-0.25, -0.2) is 0 Å². The van der Waals surface area contributed by atoms with Gasteiger partial charge in [-0.1, -0.05) is 36.4 Å². The van der Waals surface area contributed by atoms with Crippen LogP contribution in [-0.2, 0) is 6.42 Å². The Bertz CT molecular complexity index is 608. The lowest BCUT2D eigenvalue weighted by atomic mass is 10.0. The molecule has 0 radical (unpaired) electrons. The second kappa shape index (κ2) is 4.83. The third-order valence-corrected chi connectivity index (χ3v) is 3.46. The Kier molecular flexibility index (Phi) is 3.40. The summed E-state index contributed by atoms with van der Waals surface area (Å²) in [7, 11) is -1.69.